The van der Waals surface area contributed by atoms with Gasteiger partial charge in [-0.25, -0.2) is 4.79 Å². The van der Waals surface area contributed by atoms with Gasteiger partial charge < -0.3 is 25.0 Å². The number of esters is 1. The average molecular weight is 406 g/mol. The van der Waals surface area contributed by atoms with E-state index in [0.717, 1.165) is 11.3 Å². The standard InChI is InChI=1S/C20H27N3O4S/c1-5-16(24)21-15-9-7-14(8-10-15)18-17(19(25)27-12-11-26-4)13(3)23(6-2)20(28)22-18/h7-10,18H,5-6,11-12H2,1-4H3,(H,21,24)(H,22,28). The fourth-order valence-corrected chi connectivity index (χ4v) is 3.36. The van der Waals surface area contributed by atoms with E-state index in [1.54, 1.807) is 14.0 Å². The zero-order valence-electron chi connectivity index (χ0n) is 16.7. The molecule has 0 fully saturated rings. The Balaban J connectivity index is 2.33. The van der Waals surface area contributed by atoms with Crippen molar-refractivity contribution < 1.29 is 19.1 Å². The van der Waals surface area contributed by atoms with Crippen LogP contribution in [-0.2, 0) is 19.1 Å². The van der Waals surface area contributed by atoms with Crippen LogP contribution in [0, 0.1) is 0 Å². The minimum atomic E-state index is -0.429. The fraction of sp³-hybridized carbons (Fsp3) is 0.450. The number of ether oxygens (including phenoxy) is 2. The van der Waals surface area contributed by atoms with Crippen molar-refractivity contribution >= 4 is 34.9 Å². The lowest BCUT2D eigenvalue weighted by molar-refractivity contribution is -0.140. The molecule has 0 aromatic heterocycles. The van der Waals surface area contributed by atoms with Crippen LogP contribution < -0.4 is 10.6 Å². The topological polar surface area (TPSA) is 79.9 Å². The van der Waals surface area contributed by atoms with Gasteiger partial charge in [-0.1, -0.05) is 19.1 Å². The smallest absolute Gasteiger partial charge is 0.338 e. The van der Waals surface area contributed by atoms with E-state index in [4.69, 9.17) is 21.7 Å². The summed E-state index contributed by atoms with van der Waals surface area (Å²) in [6.45, 7) is 6.78. The first-order chi connectivity index (χ1) is 13.4. The van der Waals surface area contributed by atoms with Crippen molar-refractivity contribution in [2.45, 2.75) is 33.2 Å². The van der Waals surface area contributed by atoms with Gasteiger partial charge in [0.25, 0.3) is 0 Å². The second kappa shape index (κ2) is 10.2. The van der Waals surface area contributed by atoms with Crippen LogP contribution in [0.25, 0.3) is 0 Å². The highest BCUT2D eigenvalue weighted by molar-refractivity contribution is 7.80. The van der Waals surface area contributed by atoms with Crippen LogP contribution >= 0.6 is 12.2 Å². The number of nitrogens with zero attached hydrogens (tertiary/aromatic N) is 1. The first-order valence-corrected chi connectivity index (χ1v) is 9.68. The minimum absolute atomic E-state index is 0.0542. The molecule has 28 heavy (non-hydrogen) atoms. The van der Waals surface area contributed by atoms with E-state index < -0.39 is 12.0 Å². The van der Waals surface area contributed by atoms with Gasteiger partial charge in [-0.05, 0) is 43.8 Å². The van der Waals surface area contributed by atoms with Crippen LogP contribution in [0.5, 0.6) is 0 Å². The number of nitrogens with one attached hydrogen (secondary N) is 2. The lowest BCUT2D eigenvalue weighted by Crippen LogP contribution is -2.47. The molecule has 0 bridgehead atoms. The third-order valence-electron chi connectivity index (χ3n) is 4.50. The van der Waals surface area contributed by atoms with Gasteiger partial charge in [-0.2, -0.15) is 0 Å². The molecule has 1 aliphatic heterocycles. The molecule has 1 atom stereocenters. The number of anilines is 1. The molecule has 1 aromatic rings. The highest BCUT2D eigenvalue weighted by Gasteiger charge is 2.34. The van der Waals surface area contributed by atoms with E-state index >= 15 is 0 Å². The van der Waals surface area contributed by atoms with E-state index in [2.05, 4.69) is 10.6 Å². The Labute approximate surface area is 171 Å². The van der Waals surface area contributed by atoms with E-state index in [9.17, 15) is 9.59 Å². The summed E-state index contributed by atoms with van der Waals surface area (Å²) in [7, 11) is 1.56. The minimum Gasteiger partial charge on any atom is -0.460 e. The molecule has 0 radical (unpaired) electrons. The van der Waals surface area contributed by atoms with Gasteiger partial charge >= 0.3 is 5.97 Å². The molecular formula is C20H27N3O4S. The normalized spacial score (nSPS) is 16.6. The maximum atomic E-state index is 12.8. The number of thiocarbonyl (C=S) groups is 1. The van der Waals surface area contributed by atoms with Crippen molar-refractivity contribution in [2.75, 3.05) is 32.2 Å². The summed E-state index contributed by atoms with van der Waals surface area (Å²) in [5, 5.41) is 6.61. The van der Waals surface area contributed by atoms with Crippen molar-refractivity contribution in [3.63, 3.8) is 0 Å². The molecule has 1 aliphatic rings. The zero-order chi connectivity index (χ0) is 20.7. The van der Waals surface area contributed by atoms with Crippen LogP contribution in [0.3, 0.4) is 0 Å². The van der Waals surface area contributed by atoms with Crippen molar-refractivity contribution in [1.82, 2.24) is 10.2 Å². The number of allylic oxidation sites excluding steroid dienone is 1. The molecule has 7 nitrogen and oxygen atoms in total. The van der Waals surface area contributed by atoms with Gasteiger partial charge in [0.2, 0.25) is 5.91 Å². The largest absolute Gasteiger partial charge is 0.460 e. The van der Waals surface area contributed by atoms with Crippen molar-refractivity contribution in [3.8, 4) is 0 Å². The molecule has 1 unspecified atom stereocenters. The van der Waals surface area contributed by atoms with Gasteiger partial charge in [0, 0.05) is 31.5 Å². The van der Waals surface area contributed by atoms with Crippen LogP contribution in [0.2, 0.25) is 0 Å². The van der Waals surface area contributed by atoms with Crippen LogP contribution in [0.15, 0.2) is 35.5 Å². The Morgan fingerprint density at radius 1 is 1.21 bits per heavy atom. The van der Waals surface area contributed by atoms with E-state index in [1.807, 2.05) is 43.0 Å². The molecule has 152 valence electrons. The summed E-state index contributed by atoms with van der Waals surface area (Å²) < 4.78 is 10.3. The number of methoxy groups -OCH3 is 1. The molecule has 0 saturated carbocycles. The van der Waals surface area contributed by atoms with Gasteiger partial charge in [-0.3, -0.25) is 4.79 Å². The molecule has 2 N–H and O–H groups in total. The lowest BCUT2D eigenvalue weighted by atomic mass is 9.95. The Morgan fingerprint density at radius 3 is 2.46 bits per heavy atom. The highest BCUT2D eigenvalue weighted by atomic mass is 32.1. The Morgan fingerprint density at radius 2 is 1.89 bits per heavy atom. The average Bonchev–Trinajstić information content (AvgIpc) is 2.68. The summed E-state index contributed by atoms with van der Waals surface area (Å²) in [6.07, 6.45) is 0.409. The maximum Gasteiger partial charge on any atom is 0.338 e. The quantitative estimate of drug-likeness (QED) is 0.391. The first kappa shape index (κ1) is 21.8. The number of rotatable bonds is 8. The van der Waals surface area contributed by atoms with E-state index in [-0.39, 0.29) is 12.5 Å². The van der Waals surface area contributed by atoms with Gasteiger partial charge in [0.05, 0.1) is 18.2 Å². The number of carbonyl (C=O) groups excluding carboxylic acids is 2. The van der Waals surface area contributed by atoms with Crippen molar-refractivity contribution in [2.24, 2.45) is 0 Å². The molecule has 0 spiro atoms. The molecule has 0 aliphatic carbocycles. The van der Waals surface area contributed by atoms with Crippen LogP contribution in [0.4, 0.5) is 5.69 Å². The Kier molecular flexibility index (Phi) is 7.95. The second-order valence-electron chi connectivity index (χ2n) is 6.28. The Bertz CT molecular complexity index is 761. The predicted molar refractivity (Wildman–Crippen MR) is 112 cm³/mol. The number of carbonyl (C=O) groups is 2. The first-order valence-electron chi connectivity index (χ1n) is 9.27. The van der Waals surface area contributed by atoms with Gasteiger partial charge in [-0.15, -0.1) is 0 Å². The monoisotopic (exact) mass is 405 g/mol. The zero-order valence-corrected chi connectivity index (χ0v) is 17.5. The van der Waals surface area contributed by atoms with Gasteiger partial charge in [0.1, 0.15) is 6.61 Å². The Hall–Kier alpha value is -2.45. The summed E-state index contributed by atoms with van der Waals surface area (Å²) in [5.74, 6) is -0.460. The van der Waals surface area contributed by atoms with E-state index in [0.29, 0.717) is 35.9 Å². The third-order valence-corrected chi connectivity index (χ3v) is 4.84. The summed E-state index contributed by atoms with van der Waals surface area (Å²) in [5.41, 5.74) is 2.83. The number of hydrogen-bond donors (Lipinski definition) is 2. The second-order valence-corrected chi connectivity index (χ2v) is 6.67. The van der Waals surface area contributed by atoms with Crippen LogP contribution in [0.1, 0.15) is 38.8 Å². The molecular weight excluding hydrogens is 378 g/mol. The number of amides is 1. The highest BCUT2D eigenvalue weighted by Crippen LogP contribution is 2.31. The van der Waals surface area contributed by atoms with Crippen molar-refractivity contribution in [3.05, 3.63) is 41.1 Å². The summed E-state index contributed by atoms with van der Waals surface area (Å²) >= 11 is 5.48. The summed E-state index contributed by atoms with van der Waals surface area (Å²) in [4.78, 5) is 26.2. The molecule has 8 heteroatoms. The predicted octanol–water partition coefficient (Wildman–Crippen LogP) is 2.75. The molecule has 1 aromatic carbocycles. The SMILES string of the molecule is CCC(=O)Nc1ccc(C2NC(=S)N(CC)C(C)=C2C(=O)OCCOC)cc1. The summed E-state index contributed by atoms with van der Waals surface area (Å²) in [6, 6.07) is 6.92. The van der Waals surface area contributed by atoms with E-state index in [1.165, 1.54) is 0 Å². The molecule has 1 heterocycles. The molecule has 1 amide bonds. The number of hydrogen-bond acceptors (Lipinski definition) is 5. The van der Waals surface area contributed by atoms with Crippen LogP contribution in [-0.4, -0.2) is 48.8 Å². The molecule has 0 saturated heterocycles. The molecule has 2 rings (SSSR count). The van der Waals surface area contributed by atoms with Crippen molar-refractivity contribution in [1.29, 1.82) is 0 Å². The maximum absolute atomic E-state index is 12.8. The van der Waals surface area contributed by atoms with Gasteiger partial charge in [0.15, 0.2) is 5.11 Å². The lowest BCUT2D eigenvalue weighted by Gasteiger charge is -2.37. The third kappa shape index (κ3) is 5.08. The fourth-order valence-electron chi connectivity index (χ4n) is 2.98. The number of benzene rings is 1.